The Hall–Kier alpha value is -4.49. The van der Waals surface area contributed by atoms with Gasteiger partial charge in [-0.2, -0.15) is 0 Å². The zero-order valence-electron chi connectivity index (χ0n) is 18.3. The molecule has 3 aromatic heterocycles. The number of aliphatic hydroxyl groups excluding tert-OH is 1. The highest BCUT2D eigenvalue weighted by Gasteiger charge is 2.24. The van der Waals surface area contributed by atoms with Gasteiger partial charge in [0.15, 0.2) is 11.5 Å². The molecule has 0 fully saturated rings. The minimum absolute atomic E-state index is 0.00587. The fraction of sp³-hybridized carbons (Fsp3) is 0.0741. The van der Waals surface area contributed by atoms with Crippen molar-refractivity contribution in [1.82, 2.24) is 24.1 Å². The summed E-state index contributed by atoms with van der Waals surface area (Å²) >= 11 is 0. The standard InChI is InChI=1S/C27H22N6O/c28-21-13-11-20(12-14-21)25-30-27-23-22(18-7-3-1-4-8-18)24(19-9-5-2-6-10-19)32(15-16-34)26(23)29-17-33(27)31-25/h1-14,17,34H,15-16,28H2. The summed E-state index contributed by atoms with van der Waals surface area (Å²) in [5, 5.41) is 15.5. The van der Waals surface area contributed by atoms with Gasteiger partial charge in [0.25, 0.3) is 0 Å². The molecule has 3 N–H and O–H groups in total. The number of aromatic nitrogens is 5. The molecule has 0 saturated heterocycles. The van der Waals surface area contributed by atoms with Crippen LogP contribution in [0.5, 0.6) is 0 Å². The smallest absolute Gasteiger partial charge is 0.182 e. The van der Waals surface area contributed by atoms with Crippen LogP contribution in [0.1, 0.15) is 0 Å². The number of nitrogens with zero attached hydrogens (tertiary/aromatic N) is 5. The van der Waals surface area contributed by atoms with Crippen LogP contribution in [0.2, 0.25) is 0 Å². The first-order chi connectivity index (χ1) is 16.7. The molecule has 3 aromatic carbocycles. The Labute approximate surface area is 195 Å². The normalized spacial score (nSPS) is 11.4. The van der Waals surface area contributed by atoms with Crippen LogP contribution in [0.4, 0.5) is 5.69 Å². The summed E-state index contributed by atoms with van der Waals surface area (Å²) in [6.07, 6.45) is 1.68. The molecule has 0 aliphatic rings. The van der Waals surface area contributed by atoms with Gasteiger partial charge in [-0.3, -0.25) is 0 Å². The number of aliphatic hydroxyl groups is 1. The fourth-order valence-electron chi connectivity index (χ4n) is 4.49. The van der Waals surface area contributed by atoms with Crippen molar-refractivity contribution in [3.8, 4) is 33.8 Å². The molecule has 0 aliphatic heterocycles. The van der Waals surface area contributed by atoms with Gasteiger partial charge in [-0.15, -0.1) is 5.10 Å². The molecule has 6 aromatic rings. The quantitative estimate of drug-likeness (QED) is 0.376. The van der Waals surface area contributed by atoms with Gasteiger partial charge in [0.05, 0.1) is 17.7 Å². The lowest BCUT2D eigenvalue weighted by Gasteiger charge is -2.11. The van der Waals surface area contributed by atoms with Gasteiger partial charge >= 0.3 is 0 Å². The molecule has 0 aliphatic carbocycles. The Morgan fingerprint density at radius 3 is 2.12 bits per heavy atom. The lowest BCUT2D eigenvalue weighted by atomic mass is 9.99. The maximum absolute atomic E-state index is 9.93. The van der Waals surface area contributed by atoms with E-state index in [1.807, 2.05) is 60.7 Å². The number of nitrogens with two attached hydrogens (primary N) is 1. The average molecular weight is 447 g/mol. The monoisotopic (exact) mass is 446 g/mol. The third kappa shape index (κ3) is 3.22. The largest absolute Gasteiger partial charge is 0.399 e. The highest BCUT2D eigenvalue weighted by atomic mass is 16.3. The van der Waals surface area contributed by atoms with E-state index in [2.05, 4.69) is 28.8 Å². The Balaban J connectivity index is 1.73. The van der Waals surface area contributed by atoms with E-state index in [1.165, 1.54) is 0 Å². The van der Waals surface area contributed by atoms with E-state index in [0.717, 1.165) is 39.0 Å². The van der Waals surface area contributed by atoms with E-state index in [0.29, 0.717) is 23.7 Å². The molecule has 0 radical (unpaired) electrons. The summed E-state index contributed by atoms with van der Waals surface area (Å²) in [6.45, 7) is 0.407. The summed E-state index contributed by atoms with van der Waals surface area (Å²) in [4.78, 5) is 9.70. The lowest BCUT2D eigenvalue weighted by Crippen LogP contribution is -2.05. The fourth-order valence-corrected chi connectivity index (χ4v) is 4.49. The molecule has 0 saturated carbocycles. The molecule has 0 amide bonds. The van der Waals surface area contributed by atoms with E-state index >= 15 is 0 Å². The van der Waals surface area contributed by atoms with Crippen LogP contribution >= 0.6 is 0 Å². The second kappa shape index (κ2) is 8.13. The number of hydrogen-bond acceptors (Lipinski definition) is 5. The van der Waals surface area contributed by atoms with Crippen molar-refractivity contribution in [2.24, 2.45) is 0 Å². The van der Waals surface area contributed by atoms with Gasteiger partial charge in [0.2, 0.25) is 0 Å². The predicted octanol–water partition coefficient (Wildman–Crippen LogP) is 4.65. The third-order valence-electron chi connectivity index (χ3n) is 5.98. The van der Waals surface area contributed by atoms with Gasteiger partial charge in [0.1, 0.15) is 12.0 Å². The molecule has 3 heterocycles. The zero-order valence-corrected chi connectivity index (χ0v) is 18.3. The lowest BCUT2D eigenvalue weighted by molar-refractivity contribution is 0.278. The van der Waals surface area contributed by atoms with E-state index in [4.69, 9.17) is 20.8 Å². The second-order valence-electron chi connectivity index (χ2n) is 8.10. The van der Waals surface area contributed by atoms with Gasteiger partial charge in [-0.05, 0) is 35.4 Å². The summed E-state index contributed by atoms with van der Waals surface area (Å²) in [5.41, 5.74) is 13.0. The number of benzene rings is 3. The second-order valence-corrected chi connectivity index (χ2v) is 8.10. The number of anilines is 1. The maximum atomic E-state index is 9.93. The van der Waals surface area contributed by atoms with Gasteiger partial charge in [-0.25, -0.2) is 14.5 Å². The van der Waals surface area contributed by atoms with Crippen molar-refractivity contribution in [2.45, 2.75) is 6.54 Å². The van der Waals surface area contributed by atoms with Crippen molar-refractivity contribution in [2.75, 3.05) is 12.3 Å². The van der Waals surface area contributed by atoms with Crippen LogP contribution in [0, 0.1) is 0 Å². The van der Waals surface area contributed by atoms with Crippen LogP contribution in [0.15, 0.2) is 91.3 Å². The zero-order chi connectivity index (χ0) is 23.1. The number of rotatable bonds is 5. The molecule has 6 rings (SSSR count). The van der Waals surface area contributed by atoms with Crippen molar-refractivity contribution < 1.29 is 5.11 Å². The Morgan fingerprint density at radius 1 is 0.765 bits per heavy atom. The summed E-state index contributed by atoms with van der Waals surface area (Å²) in [6, 6.07) is 27.9. The van der Waals surface area contributed by atoms with E-state index in [-0.39, 0.29) is 6.61 Å². The van der Waals surface area contributed by atoms with E-state index < -0.39 is 0 Å². The van der Waals surface area contributed by atoms with Crippen molar-refractivity contribution in [1.29, 1.82) is 0 Å². The number of nitrogen functional groups attached to an aromatic ring is 1. The first-order valence-electron chi connectivity index (χ1n) is 11.1. The Bertz CT molecular complexity index is 1600. The molecule has 7 heteroatoms. The third-order valence-corrected chi connectivity index (χ3v) is 5.98. The highest BCUT2D eigenvalue weighted by molar-refractivity contribution is 6.09. The molecule has 34 heavy (non-hydrogen) atoms. The van der Waals surface area contributed by atoms with E-state index in [9.17, 15) is 5.11 Å². The first kappa shape index (κ1) is 20.1. The average Bonchev–Trinajstić information content (AvgIpc) is 3.45. The van der Waals surface area contributed by atoms with Crippen molar-refractivity contribution in [3.05, 3.63) is 91.3 Å². The van der Waals surface area contributed by atoms with Crippen LogP contribution in [0.25, 0.3) is 50.5 Å². The molecule has 0 bridgehead atoms. The van der Waals surface area contributed by atoms with Crippen LogP contribution in [-0.4, -0.2) is 35.9 Å². The first-order valence-corrected chi connectivity index (χ1v) is 11.1. The minimum atomic E-state index is -0.00587. The highest BCUT2D eigenvalue weighted by Crippen LogP contribution is 2.41. The SMILES string of the molecule is Nc1ccc(-c2nc3c4c(-c5ccccc5)c(-c5ccccc5)n(CCO)c4ncn3n2)cc1. The van der Waals surface area contributed by atoms with Crippen LogP contribution < -0.4 is 5.73 Å². The maximum Gasteiger partial charge on any atom is 0.182 e. The van der Waals surface area contributed by atoms with Crippen LogP contribution in [-0.2, 0) is 6.54 Å². The van der Waals surface area contributed by atoms with Crippen molar-refractivity contribution in [3.63, 3.8) is 0 Å². The molecule has 0 spiro atoms. The molecular weight excluding hydrogens is 424 g/mol. The van der Waals surface area contributed by atoms with Crippen LogP contribution in [0.3, 0.4) is 0 Å². The summed E-state index contributed by atoms with van der Waals surface area (Å²) < 4.78 is 3.79. The minimum Gasteiger partial charge on any atom is -0.399 e. The summed E-state index contributed by atoms with van der Waals surface area (Å²) in [7, 11) is 0. The van der Waals surface area contributed by atoms with E-state index in [1.54, 1.807) is 10.8 Å². The summed E-state index contributed by atoms with van der Waals surface area (Å²) in [5.74, 6) is 0.601. The van der Waals surface area contributed by atoms with Gasteiger partial charge in [-0.1, -0.05) is 60.7 Å². The van der Waals surface area contributed by atoms with Gasteiger partial charge in [0, 0.05) is 23.4 Å². The van der Waals surface area contributed by atoms with Crippen molar-refractivity contribution >= 4 is 22.4 Å². The van der Waals surface area contributed by atoms with Gasteiger partial charge < -0.3 is 15.4 Å². The number of fused-ring (bicyclic) bond motifs is 3. The predicted molar refractivity (Wildman–Crippen MR) is 134 cm³/mol. The Kier molecular flexibility index (Phi) is 4.82. The molecule has 7 nitrogen and oxygen atoms in total. The number of hydrogen-bond donors (Lipinski definition) is 2. The molecule has 166 valence electrons. The molecule has 0 atom stereocenters. The molecular formula is C27H22N6O. The Morgan fingerprint density at radius 2 is 1.44 bits per heavy atom. The topological polar surface area (TPSA) is 94.3 Å². The molecule has 0 unspecified atom stereocenters.